The van der Waals surface area contributed by atoms with Gasteiger partial charge in [-0.15, -0.1) is 11.3 Å². The van der Waals surface area contributed by atoms with E-state index in [1.165, 1.54) is 6.92 Å². The van der Waals surface area contributed by atoms with Gasteiger partial charge in [0.15, 0.2) is 0 Å². The van der Waals surface area contributed by atoms with E-state index in [-0.39, 0.29) is 18.1 Å². The molecule has 0 bridgehead atoms. The van der Waals surface area contributed by atoms with Gasteiger partial charge in [0.25, 0.3) is 0 Å². The fourth-order valence-electron chi connectivity index (χ4n) is 2.14. The lowest BCUT2D eigenvalue weighted by Crippen LogP contribution is -2.14. The third-order valence-electron chi connectivity index (χ3n) is 3.10. The number of fused-ring (bicyclic) bond motifs is 1. The minimum absolute atomic E-state index is 0.107. The Morgan fingerprint density at radius 3 is 2.64 bits per heavy atom. The monoisotopic (exact) mass is 310 g/mol. The standard InChI is InChI=1S/C17H14N2O2S/c1-11(20)9-16(21)18-13-7-8-15-14(10-13)19-17(22-15)12-5-3-2-4-6-12/h2-8,10H,9H2,1H3,(H,18,21). The van der Waals surface area contributed by atoms with Crippen molar-refractivity contribution in [1.82, 2.24) is 4.98 Å². The molecule has 0 radical (unpaired) electrons. The number of nitrogens with zero attached hydrogens (tertiary/aromatic N) is 1. The van der Waals surface area contributed by atoms with Crippen LogP contribution in [0.2, 0.25) is 0 Å². The summed E-state index contributed by atoms with van der Waals surface area (Å²) in [6.45, 7) is 1.40. The van der Waals surface area contributed by atoms with E-state index in [0.29, 0.717) is 5.69 Å². The summed E-state index contributed by atoms with van der Waals surface area (Å²) in [5.74, 6) is -0.455. The van der Waals surface area contributed by atoms with Crippen LogP contribution in [-0.2, 0) is 9.59 Å². The second-order valence-corrected chi connectivity index (χ2v) is 6.03. The van der Waals surface area contributed by atoms with Gasteiger partial charge >= 0.3 is 0 Å². The molecule has 4 nitrogen and oxygen atoms in total. The number of amides is 1. The zero-order chi connectivity index (χ0) is 15.5. The highest BCUT2D eigenvalue weighted by atomic mass is 32.1. The zero-order valence-electron chi connectivity index (χ0n) is 12.0. The maximum Gasteiger partial charge on any atom is 0.231 e. The molecule has 3 rings (SSSR count). The van der Waals surface area contributed by atoms with E-state index in [4.69, 9.17) is 0 Å². The Balaban J connectivity index is 1.87. The average molecular weight is 310 g/mol. The molecule has 1 N–H and O–H groups in total. The molecule has 5 heteroatoms. The highest BCUT2D eigenvalue weighted by Crippen LogP contribution is 2.31. The molecule has 3 aromatic rings. The van der Waals surface area contributed by atoms with Gasteiger partial charge in [0.05, 0.1) is 16.6 Å². The molecule has 0 fully saturated rings. The summed E-state index contributed by atoms with van der Waals surface area (Å²) in [5.41, 5.74) is 2.57. The van der Waals surface area contributed by atoms with E-state index in [1.807, 2.05) is 48.5 Å². The molecule has 1 amide bonds. The van der Waals surface area contributed by atoms with Crippen molar-refractivity contribution in [3.8, 4) is 10.6 Å². The maximum absolute atomic E-state index is 11.6. The van der Waals surface area contributed by atoms with E-state index in [1.54, 1.807) is 11.3 Å². The van der Waals surface area contributed by atoms with Gasteiger partial charge in [-0.1, -0.05) is 30.3 Å². The molecule has 0 aliphatic heterocycles. The number of rotatable bonds is 4. The van der Waals surface area contributed by atoms with Gasteiger partial charge in [0.1, 0.15) is 10.8 Å². The lowest BCUT2D eigenvalue weighted by atomic mass is 10.2. The van der Waals surface area contributed by atoms with Crippen molar-refractivity contribution >= 4 is 38.9 Å². The van der Waals surface area contributed by atoms with E-state index >= 15 is 0 Å². The van der Waals surface area contributed by atoms with Crippen LogP contribution in [0.5, 0.6) is 0 Å². The largest absolute Gasteiger partial charge is 0.326 e. The van der Waals surface area contributed by atoms with Gasteiger partial charge < -0.3 is 5.32 Å². The van der Waals surface area contributed by atoms with E-state index in [0.717, 1.165) is 20.8 Å². The molecule has 22 heavy (non-hydrogen) atoms. The SMILES string of the molecule is CC(=O)CC(=O)Nc1ccc2sc(-c3ccccc3)nc2c1. The summed E-state index contributed by atoms with van der Waals surface area (Å²) in [6, 6.07) is 15.6. The van der Waals surface area contributed by atoms with E-state index in [2.05, 4.69) is 10.3 Å². The van der Waals surface area contributed by atoms with E-state index < -0.39 is 0 Å². The third kappa shape index (κ3) is 3.20. The molecule has 0 atom stereocenters. The number of hydrogen-bond donors (Lipinski definition) is 1. The Morgan fingerprint density at radius 2 is 1.91 bits per heavy atom. The first-order chi connectivity index (χ1) is 10.6. The van der Waals surface area contributed by atoms with Gasteiger partial charge in [-0.05, 0) is 25.1 Å². The molecule has 1 aromatic heterocycles. The molecule has 0 saturated heterocycles. The molecule has 0 unspecified atom stereocenters. The molecule has 0 aliphatic rings. The van der Waals surface area contributed by atoms with Crippen molar-refractivity contribution in [3.63, 3.8) is 0 Å². The van der Waals surface area contributed by atoms with Crippen LogP contribution >= 0.6 is 11.3 Å². The molecular weight excluding hydrogens is 296 g/mol. The van der Waals surface area contributed by atoms with Crippen LogP contribution in [0.1, 0.15) is 13.3 Å². The van der Waals surface area contributed by atoms with Crippen molar-refractivity contribution in [2.24, 2.45) is 0 Å². The van der Waals surface area contributed by atoms with Crippen LogP contribution in [0, 0.1) is 0 Å². The van der Waals surface area contributed by atoms with Crippen LogP contribution in [0.4, 0.5) is 5.69 Å². The lowest BCUT2D eigenvalue weighted by Gasteiger charge is -2.03. The second kappa shape index (κ2) is 6.07. The number of aromatic nitrogens is 1. The number of ketones is 1. The Morgan fingerprint density at radius 1 is 1.14 bits per heavy atom. The normalized spacial score (nSPS) is 10.6. The summed E-state index contributed by atoms with van der Waals surface area (Å²) in [6.07, 6.45) is -0.107. The summed E-state index contributed by atoms with van der Waals surface area (Å²) in [7, 11) is 0. The number of hydrogen-bond acceptors (Lipinski definition) is 4. The topological polar surface area (TPSA) is 59.1 Å². The third-order valence-corrected chi connectivity index (χ3v) is 4.19. The summed E-state index contributed by atoms with van der Waals surface area (Å²) in [5, 5.41) is 3.67. The molecular formula is C17H14N2O2S. The first-order valence-electron chi connectivity index (χ1n) is 6.87. The fraction of sp³-hybridized carbons (Fsp3) is 0.118. The molecule has 2 aromatic carbocycles. The van der Waals surface area contributed by atoms with Crippen LogP contribution in [0.15, 0.2) is 48.5 Å². The summed E-state index contributed by atoms with van der Waals surface area (Å²) >= 11 is 1.61. The lowest BCUT2D eigenvalue weighted by molar-refractivity contribution is -0.124. The Kier molecular flexibility index (Phi) is 3.98. The van der Waals surface area contributed by atoms with Crippen LogP contribution in [-0.4, -0.2) is 16.7 Å². The molecule has 1 heterocycles. The highest BCUT2D eigenvalue weighted by Gasteiger charge is 2.09. The smallest absolute Gasteiger partial charge is 0.231 e. The first kappa shape index (κ1) is 14.4. The van der Waals surface area contributed by atoms with Crippen molar-refractivity contribution in [2.45, 2.75) is 13.3 Å². The zero-order valence-corrected chi connectivity index (χ0v) is 12.8. The average Bonchev–Trinajstić information content (AvgIpc) is 2.90. The number of Topliss-reactive ketones (excluding diaryl/α,β-unsaturated/α-hetero) is 1. The number of nitrogens with one attached hydrogen (secondary N) is 1. The quantitative estimate of drug-likeness (QED) is 0.744. The fourth-order valence-corrected chi connectivity index (χ4v) is 3.09. The second-order valence-electron chi connectivity index (χ2n) is 4.99. The Bertz CT molecular complexity index is 840. The van der Waals surface area contributed by atoms with Gasteiger partial charge in [0, 0.05) is 11.3 Å². The van der Waals surface area contributed by atoms with Gasteiger partial charge in [-0.2, -0.15) is 0 Å². The number of thiazole rings is 1. The maximum atomic E-state index is 11.6. The number of anilines is 1. The highest BCUT2D eigenvalue weighted by molar-refractivity contribution is 7.21. The molecule has 0 saturated carbocycles. The number of carbonyl (C=O) groups excluding carboxylic acids is 2. The van der Waals surface area contributed by atoms with Gasteiger partial charge in [-0.3, -0.25) is 9.59 Å². The predicted molar refractivity (Wildman–Crippen MR) is 89.0 cm³/mol. The summed E-state index contributed by atoms with van der Waals surface area (Å²) < 4.78 is 1.06. The Labute approximate surface area is 131 Å². The van der Waals surface area contributed by atoms with Gasteiger partial charge in [-0.25, -0.2) is 4.98 Å². The van der Waals surface area contributed by atoms with Crippen molar-refractivity contribution in [1.29, 1.82) is 0 Å². The van der Waals surface area contributed by atoms with Crippen LogP contribution in [0.25, 0.3) is 20.8 Å². The first-order valence-corrected chi connectivity index (χ1v) is 7.69. The van der Waals surface area contributed by atoms with Crippen molar-refractivity contribution in [3.05, 3.63) is 48.5 Å². The molecule has 110 valence electrons. The molecule has 0 spiro atoms. The van der Waals surface area contributed by atoms with Gasteiger partial charge in [0.2, 0.25) is 5.91 Å². The Hall–Kier alpha value is -2.53. The minimum atomic E-state index is -0.301. The summed E-state index contributed by atoms with van der Waals surface area (Å²) in [4.78, 5) is 27.2. The number of benzene rings is 2. The van der Waals surface area contributed by atoms with E-state index in [9.17, 15) is 9.59 Å². The predicted octanol–water partition coefficient (Wildman–Crippen LogP) is 3.88. The van der Waals surface area contributed by atoms with Crippen LogP contribution in [0.3, 0.4) is 0 Å². The number of carbonyl (C=O) groups is 2. The molecule has 0 aliphatic carbocycles. The van der Waals surface area contributed by atoms with Crippen molar-refractivity contribution in [2.75, 3.05) is 5.32 Å². The van der Waals surface area contributed by atoms with Crippen molar-refractivity contribution < 1.29 is 9.59 Å². The van der Waals surface area contributed by atoms with Crippen LogP contribution < -0.4 is 5.32 Å². The minimum Gasteiger partial charge on any atom is -0.326 e.